The molecule has 31 heavy (non-hydrogen) atoms. The van der Waals surface area contributed by atoms with Gasteiger partial charge in [0.15, 0.2) is 0 Å². The van der Waals surface area contributed by atoms with E-state index in [1.54, 1.807) is 24.8 Å². The Hall–Kier alpha value is -3.45. The number of carbonyl (C=O) groups excluding carboxylic acids is 1. The molecule has 1 aliphatic rings. The third-order valence-electron chi connectivity index (χ3n) is 5.64. The predicted molar refractivity (Wildman–Crippen MR) is 124 cm³/mol. The van der Waals surface area contributed by atoms with Crippen LogP contribution in [0.25, 0.3) is 21.3 Å². The van der Waals surface area contributed by atoms with Crippen LogP contribution in [0.4, 0.5) is 5.82 Å². The molecular formula is C24H22N4O2S. The van der Waals surface area contributed by atoms with Crippen LogP contribution in [-0.4, -0.2) is 54.1 Å². The molecule has 0 bridgehead atoms. The number of fused-ring (bicyclic) bond motifs is 1. The van der Waals surface area contributed by atoms with Gasteiger partial charge in [-0.3, -0.25) is 4.79 Å². The van der Waals surface area contributed by atoms with Crippen molar-refractivity contribution >= 4 is 33.3 Å². The molecule has 3 heterocycles. The maximum atomic E-state index is 12.9. The van der Waals surface area contributed by atoms with E-state index in [-0.39, 0.29) is 5.91 Å². The van der Waals surface area contributed by atoms with Crippen molar-refractivity contribution in [3.8, 4) is 16.9 Å². The molecule has 2 aromatic heterocycles. The van der Waals surface area contributed by atoms with E-state index in [1.165, 1.54) is 0 Å². The number of anilines is 1. The zero-order valence-corrected chi connectivity index (χ0v) is 18.0. The van der Waals surface area contributed by atoms with Gasteiger partial charge in [0.2, 0.25) is 0 Å². The van der Waals surface area contributed by atoms with Crippen LogP contribution >= 0.6 is 11.3 Å². The summed E-state index contributed by atoms with van der Waals surface area (Å²) in [5, 5.41) is 3.25. The molecule has 0 radical (unpaired) electrons. The van der Waals surface area contributed by atoms with Crippen molar-refractivity contribution in [2.45, 2.75) is 0 Å². The Morgan fingerprint density at radius 3 is 2.42 bits per heavy atom. The second kappa shape index (κ2) is 8.35. The molecule has 156 valence electrons. The highest BCUT2D eigenvalue weighted by molar-refractivity contribution is 7.17. The number of thiophene rings is 1. The van der Waals surface area contributed by atoms with Gasteiger partial charge in [-0.1, -0.05) is 30.3 Å². The van der Waals surface area contributed by atoms with Crippen LogP contribution in [0.3, 0.4) is 0 Å². The standard InChI is InChI=1S/C24H22N4O2S/c1-30-19-9-7-18(8-10-19)24(29)28-13-11-27(12-14-28)22-21-20(17-5-3-2-4-6-17)15-31-23(21)26-16-25-22/h2-10,15-16H,11-14H2,1H3. The van der Waals surface area contributed by atoms with E-state index in [0.717, 1.165) is 46.0 Å². The number of aromatic nitrogens is 2. The normalized spacial score (nSPS) is 14.1. The van der Waals surface area contributed by atoms with Gasteiger partial charge >= 0.3 is 0 Å². The molecule has 0 N–H and O–H groups in total. The molecule has 2 aromatic carbocycles. The van der Waals surface area contributed by atoms with Gasteiger partial charge in [-0.2, -0.15) is 0 Å². The van der Waals surface area contributed by atoms with Gasteiger partial charge in [-0.25, -0.2) is 9.97 Å². The summed E-state index contributed by atoms with van der Waals surface area (Å²) in [6, 6.07) is 17.6. The van der Waals surface area contributed by atoms with E-state index >= 15 is 0 Å². The lowest BCUT2D eigenvalue weighted by Crippen LogP contribution is -2.49. The average molecular weight is 431 g/mol. The molecule has 1 aliphatic heterocycles. The number of nitrogens with zero attached hydrogens (tertiary/aromatic N) is 4. The molecule has 0 saturated carbocycles. The summed E-state index contributed by atoms with van der Waals surface area (Å²) in [6.45, 7) is 2.78. The monoisotopic (exact) mass is 430 g/mol. The highest BCUT2D eigenvalue weighted by atomic mass is 32.1. The predicted octanol–water partition coefficient (Wildman–Crippen LogP) is 4.33. The number of piperazine rings is 1. The minimum Gasteiger partial charge on any atom is -0.497 e. The Labute approximate surface area is 184 Å². The minimum absolute atomic E-state index is 0.0515. The van der Waals surface area contributed by atoms with Crippen molar-refractivity contribution in [1.29, 1.82) is 0 Å². The average Bonchev–Trinajstić information content (AvgIpc) is 3.29. The molecule has 0 unspecified atom stereocenters. The number of amides is 1. The molecule has 0 atom stereocenters. The Morgan fingerprint density at radius 2 is 1.71 bits per heavy atom. The number of benzene rings is 2. The third kappa shape index (κ3) is 3.72. The lowest BCUT2D eigenvalue weighted by atomic mass is 10.1. The first-order valence-electron chi connectivity index (χ1n) is 10.2. The molecule has 1 fully saturated rings. The van der Waals surface area contributed by atoms with Gasteiger partial charge in [0.1, 0.15) is 22.7 Å². The maximum Gasteiger partial charge on any atom is 0.253 e. The fourth-order valence-electron chi connectivity index (χ4n) is 3.97. The lowest BCUT2D eigenvalue weighted by Gasteiger charge is -2.35. The van der Waals surface area contributed by atoms with Crippen molar-refractivity contribution in [2.75, 3.05) is 38.2 Å². The molecule has 1 amide bonds. The van der Waals surface area contributed by atoms with E-state index in [0.29, 0.717) is 18.7 Å². The number of hydrogen-bond donors (Lipinski definition) is 0. The number of rotatable bonds is 4. The van der Waals surface area contributed by atoms with Crippen LogP contribution in [0, 0.1) is 0 Å². The smallest absolute Gasteiger partial charge is 0.253 e. The lowest BCUT2D eigenvalue weighted by molar-refractivity contribution is 0.0746. The summed E-state index contributed by atoms with van der Waals surface area (Å²) in [5.41, 5.74) is 3.01. The van der Waals surface area contributed by atoms with Crippen LogP contribution in [-0.2, 0) is 0 Å². The second-order valence-corrected chi connectivity index (χ2v) is 8.26. The number of carbonyl (C=O) groups is 1. The summed E-state index contributed by atoms with van der Waals surface area (Å²) >= 11 is 1.64. The van der Waals surface area contributed by atoms with Crippen LogP contribution in [0.15, 0.2) is 66.3 Å². The quantitative estimate of drug-likeness (QED) is 0.482. The molecule has 5 rings (SSSR count). The van der Waals surface area contributed by atoms with Crippen molar-refractivity contribution in [1.82, 2.24) is 14.9 Å². The highest BCUT2D eigenvalue weighted by Crippen LogP contribution is 2.38. The first-order chi connectivity index (χ1) is 15.2. The Bertz CT molecular complexity index is 1200. The van der Waals surface area contributed by atoms with E-state index in [2.05, 4.69) is 32.4 Å². The van der Waals surface area contributed by atoms with Gasteiger partial charge < -0.3 is 14.5 Å². The van der Waals surface area contributed by atoms with E-state index in [9.17, 15) is 4.79 Å². The summed E-state index contributed by atoms with van der Waals surface area (Å²) in [5.74, 6) is 1.75. The summed E-state index contributed by atoms with van der Waals surface area (Å²) < 4.78 is 5.18. The largest absolute Gasteiger partial charge is 0.497 e. The van der Waals surface area contributed by atoms with E-state index in [4.69, 9.17) is 4.74 Å². The van der Waals surface area contributed by atoms with Crippen LogP contribution < -0.4 is 9.64 Å². The molecule has 7 heteroatoms. The zero-order valence-electron chi connectivity index (χ0n) is 17.2. The van der Waals surface area contributed by atoms with Gasteiger partial charge in [0, 0.05) is 42.7 Å². The summed E-state index contributed by atoms with van der Waals surface area (Å²) in [7, 11) is 1.62. The Morgan fingerprint density at radius 1 is 0.968 bits per heavy atom. The molecule has 0 spiro atoms. The highest BCUT2D eigenvalue weighted by Gasteiger charge is 2.25. The maximum absolute atomic E-state index is 12.9. The van der Waals surface area contributed by atoms with Crippen LogP contribution in [0.1, 0.15) is 10.4 Å². The van der Waals surface area contributed by atoms with Gasteiger partial charge in [0.05, 0.1) is 12.5 Å². The summed E-state index contributed by atoms with van der Waals surface area (Å²) in [4.78, 5) is 27.2. The number of ether oxygens (including phenoxy) is 1. The van der Waals surface area contributed by atoms with Crippen LogP contribution in [0.5, 0.6) is 5.75 Å². The summed E-state index contributed by atoms with van der Waals surface area (Å²) in [6.07, 6.45) is 1.64. The van der Waals surface area contributed by atoms with E-state index < -0.39 is 0 Å². The minimum atomic E-state index is 0.0515. The molecular weight excluding hydrogens is 408 g/mol. The Kier molecular flexibility index (Phi) is 5.26. The fraction of sp³-hybridized carbons (Fsp3) is 0.208. The van der Waals surface area contributed by atoms with Crippen molar-refractivity contribution in [3.63, 3.8) is 0 Å². The molecule has 6 nitrogen and oxygen atoms in total. The number of hydrogen-bond acceptors (Lipinski definition) is 6. The van der Waals surface area contributed by atoms with Crippen molar-refractivity contribution < 1.29 is 9.53 Å². The molecule has 1 saturated heterocycles. The SMILES string of the molecule is COc1ccc(C(=O)N2CCN(c3ncnc4scc(-c5ccccc5)c34)CC2)cc1. The molecule has 0 aliphatic carbocycles. The first kappa shape index (κ1) is 19.5. The first-order valence-corrected chi connectivity index (χ1v) is 11.1. The van der Waals surface area contributed by atoms with Crippen LogP contribution in [0.2, 0.25) is 0 Å². The topological polar surface area (TPSA) is 58.6 Å². The second-order valence-electron chi connectivity index (χ2n) is 7.40. The van der Waals surface area contributed by atoms with Gasteiger partial charge in [0.25, 0.3) is 5.91 Å². The van der Waals surface area contributed by atoms with Gasteiger partial charge in [-0.05, 0) is 29.8 Å². The van der Waals surface area contributed by atoms with Crippen molar-refractivity contribution in [2.24, 2.45) is 0 Å². The molecule has 4 aromatic rings. The number of methoxy groups -OCH3 is 1. The zero-order chi connectivity index (χ0) is 21.2. The fourth-order valence-corrected chi connectivity index (χ4v) is 4.88. The van der Waals surface area contributed by atoms with E-state index in [1.807, 2.05) is 47.4 Å². The Balaban J connectivity index is 1.37. The van der Waals surface area contributed by atoms with Crippen molar-refractivity contribution in [3.05, 3.63) is 71.9 Å². The van der Waals surface area contributed by atoms with Gasteiger partial charge in [-0.15, -0.1) is 11.3 Å². The third-order valence-corrected chi connectivity index (χ3v) is 6.52.